The molecule has 0 heterocycles. The van der Waals surface area contributed by atoms with Crippen molar-refractivity contribution in [3.8, 4) is 0 Å². The summed E-state index contributed by atoms with van der Waals surface area (Å²) in [5, 5.41) is 0. The van der Waals surface area contributed by atoms with Gasteiger partial charge in [0.2, 0.25) is 8.32 Å². The zero-order chi connectivity index (χ0) is 6.62. The smallest absolute Gasteiger partial charge is 0.221 e. The van der Waals surface area contributed by atoms with Crippen LogP contribution in [-0.2, 0) is 4.43 Å². The molecule has 0 aliphatic rings. The summed E-state index contributed by atoms with van der Waals surface area (Å²) in [6, 6.07) is 0. The molecule has 0 amide bonds. The minimum atomic E-state index is -1.49. The Kier molecular flexibility index (Phi) is 3.43. The minimum Gasteiger partial charge on any atom is -0.413 e. The van der Waals surface area contributed by atoms with E-state index in [-0.39, 0.29) is 0 Å². The van der Waals surface area contributed by atoms with Crippen LogP contribution in [-0.4, -0.2) is 19.9 Å². The van der Waals surface area contributed by atoms with Crippen molar-refractivity contribution < 1.29 is 4.43 Å². The first-order valence-electron chi connectivity index (χ1n) is 2.72. The van der Waals surface area contributed by atoms with Crippen molar-refractivity contribution in [2.45, 2.75) is 20.0 Å². The van der Waals surface area contributed by atoms with E-state index in [2.05, 4.69) is 13.1 Å². The molecule has 8 heavy (non-hydrogen) atoms. The molecular weight excluding hydrogens is 136 g/mol. The van der Waals surface area contributed by atoms with Crippen molar-refractivity contribution in [3.63, 3.8) is 0 Å². The summed E-state index contributed by atoms with van der Waals surface area (Å²) in [5.41, 5.74) is 0. The second kappa shape index (κ2) is 3.32. The summed E-state index contributed by atoms with van der Waals surface area (Å²) in [7, 11) is -1.49. The van der Waals surface area contributed by atoms with Crippen LogP contribution in [0.1, 0.15) is 6.92 Å². The van der Waals surface area contributed by atoms with Crippen molar-refractivity contribution in [2.24, 2.45) is 0 Å². The number of thiocarbonyl (C=S) groups is 1. The first-order chi connectivity index (χ1) is 3.62. The highest BCUT2D eigenvalue weighted by molar-refractivity contribution is 7.82. The van der Waals surface area contributed by atoms with Crippen molar-refractivity contribution in [2.75, 3.05) is 6.61 Å². The van der Waals surface area contributed by atoms with Gasteiger partial charge >= 0.3 is 0 Å². The molecule has 0 N–H and O–H groups in total. The van der Waals surface area contributed by atoms with Crippen LogP contribution in [0.5, 0.6) is 0 Å². The third kappa shape index (κ3) is 3.29. The summed E-state index contributed by atoms with van der Waals surface area (Å²) >= 11 is 4.77. The lowest BCUT2D eigenvalue weighted by atomic mass is 10.9. The predicted molar refractivity (Wildman–Crippen MR) is 42.8 cm³/mol. The van der Waals surface area contributed by atoms with E-state index in [4.69, 9.17) is 16.6 Å². The van der Waals surface area contributed by atoms with Gasteiger partial charge in [-0.15, -0.1) is 0 Å². The number of hydrogen-bond donors (Lipinski definition) is 0. The van der Waals surface area contributed by atoms with Gasteiger partial charge in [0.15, 0.2) is 0 Å². The molecule has 0 spiro atoms. The molecule has 0 aliphatic heterocycles. The average Bonchev–Trinajstić information content (AvgIpc) is 1.67. The largest absolute Gasteiger partial charge is 0.413 e. The first kappa shape index (κ1) is 8.27. The lowest BCUT2D eigenvalue weighted by Crippen LogP contribution is -2.31. The fourth-order valence-electron chi connectivity index (χ4n) is 0.406. The highest BCUT2D eigenvalue weighted by Gasteiger charge is 2.16. The molecule has 0 aromatic heterocycles. The maximum atomic E-state index is 5.36. The molecule has 0 saturated heterocycles. The van der Waals surface area contributed by atoms with Crippen LogP contribution < -0.4 is 0 Å². The van der Waals surface area contributed by atoms with Gasteiger partial charge in [0.1, 0.15) is 0 Å². The first-order valence-corrected chi connectivity index (χ1v) is 6.18. The Labute approximate surface area is 57.2 Å². The zero-order valence-electron chi connectivity index (χ0n) is 5.60. The lowest BCUT2D eigenvalue weighted by molar-refractivity contribution is 0.342. The SMILES string of the molecule is CCO[Si](C)(C)C=S. The Morgan fingerprint density at radius 1 is 1.62 bits per heavy atom. The fraction of sp³-hybridized carbons (Fsp3) is 0.800. The van der Waals surface area contributed by atoms with Crippen molar-refractivity contribution in [1.82, 2.24) is 0 Å². The Morgan fingerprint density at radius 2 is 2.12 bits per heavy atom. The maximum absolute atomic E-state index is 5.36. The van der Waals surface area contributed by atoms with Crippen molar-refractivity contribution in [1.29, 1.82) is 0 Å². The van der Waals surface area contributed by atoms with E-state index in [0.717, 1.165) is 6.61 Å². The average molecular weight is 148 g/mol. The molecule has 3 heteroatoms. The van der Waals surface area contributed by atoms with Crippen LogP contribution in [0.2, 0.25) is 13.1 Å². The van der Waals surface area contributed by atoms with Crippen LogP contribution in [0.25, 0.3) is 0 Å². The summed E-state index contributed by atoms with van der Waals surface area (Å²) in [5.74, 6) is 0. The van der Waals surface area contributed by atoms with E-state index < -0.39 is 8.32 Å². The number of rotatable bonds is 3. The van der Waals surface area contributed by atoms with Crippen molar-refractivity contribution in [3.05, 3.63) is 0 Å². The second-order valence-electron chi connectivity index (χ2n) is 2.15. The van der Waals surface area contributed by atoms with E-state index in [0.29, 0.717) is 0 Å². The number of hydrogen-bond acceptors (Lipinski definition) is 2. The van der Waals surface area contributed by atoms with Gasteiger partial charge in [-0.25, -0.2) is 0 Å². The monoisotopic (exact) mass is 148 g/mol. The molecular formula is C5H12OSSi. The highest BCUT2D eigenvalue weighted by Crippen LogP contribution is 1.98. The molecule has 48 valence electrons. The quantitative estimate of drug-likeness (QED) is 0.445. The Balaban J connectivity index is 3.53. The van der Waals surface area contributed by atoms with Gasteiger partial charge in [0, 0.05) is 6.61 Å². The molecule has 0 radical (unpaired) electrons. The van der Waals surface area contributed by atoms with Gasteiger partial charge in [0.25, 0.3) is 0 Å². The molecule has 0 saturated carbocycles. The Morgan fingerprint density at radius 3 is 2.25 bits per heavy atom. The zero-order valence-corrected chi connectivity index (χ0v) is 7.42. The van der Waals surface area contributed by atoms with E-state index in [1.54, 1.807) is 4.99 Å². The van der Waals surface area contributed by atoms with Gasteiger partial charge in [-0.1, -0.05) is 12.2 Å². The van der Waals surface area contributed by atoms with Gasteiger partial charge in [-0.3, -0.25) is 0 Å². The lowest BCUT2D eigenvalue weighted by Gasteiger charge is -2.14. The summed E-state index contributed by atoms with van der Waals surface area (Å²) in [4.78, 5) is 1.77. The molecule has 0 aliphatic carbocycles. The van der Waals surface area contributed by atoms with Crippen LogP contribution in [0.3, 0.4) is 0 Å². The van der Waals surface area contributed by atoms with Crippen LogP contribution in [0, 0.1) is 0 Å². The molecule has 0 aromatic carbocycles. The highest BCUT2D eigenvalue weighted by atomic mass is 32.1. The Hall–Kier alpha value is 0.267. The molecule has 0 bridgehead atoms. The van der Waals surface area contributed by atoms with E-state index in [1.165, 1.54) is 0 Å². The summed E-state index contributed by atoms with van der Waals surface area (Å²) < 4.78 is 5.36. The Bertz CT molecular complexity index is 82.5. The van der Waals surface area contributed by atoms with Crippen LogP contribution in [0.4, 0.5) is 0 Å². The predicted octanol–water partition coefficient (Wildman–Crippen LogP) is 1.77. The summed E-state index contributed by atoms with van der Waals surface area (Å²) in [6.07, 6.45) is 0. The maximum Gasteiger partial charge on any atom is 0.221 e. The third-order valence-electron chi connectivity index (χ3n) is 0.800. The molecule has 0 fully saturated rings. The fourth-order valence-corrected chi connectivity index (χ4v) is 1.42. The van der Waals surface area contributed by atoms with Gasteiger partial charge < -0.3 is 4.43 Å². The second-order valence-corrected chi connectivity index (χ2v) is 6.59. The van der Waals surface area contributed by atoms with Gasteiger partial charge in [0.05, 0.1) is 0 Å². The molecule has 0 atom stereocenters. The minimum absolute atomic E-state index is 0.784. The van der Waals surface area contributed by atoms with E-state index in [9.17, 15) is 0 Å². The third-order valence-corrected chi connectivity index (χ3v) is 4.10. The van der Waals surface area contributed by atoms with Gasteiger partial charge in [-0.2, -0.15) is 0 Å². The van der Waals surface area contributed by atoms with Gasteiger partial charge in [-0.05, 0) is 25.0 Å². The molecule has 0 unspecified atom stereocenters. The molecule has 0 aromatic rings. The molecule has 0 rings (SSSR count). The topological polar surface area (TPSA) is 9.23 Å². The van der Waals surface area contributed by atoms with Crippen LogP contribution >= 0.6 is 12.2 Å². The standard InChI is InChI=1S/C5H12OSSi/c1-4-6-8(2,3)5-7/h5H,4H2,1-3H3. The van der Waals surface area contributed by atoms with Crippen molar-refractivity contribution >= 4 is 25.5 Å². The normalized spacial score (nSPS) is 11.4. The van der Waals surface area contributed by atoms with E-state index in [1.807, 2.05) is 6.92 Å². The van der Waals surface area contributed by atoms with Crippen LogP contribution in [0.15, 0.2) is 0 Å². The van der Waals surface area contributed by atoms with E-state index >= 15 is 0 Å². The summed E-state index contributed by atoms with van der Waals surface area (Å²) in [6.45, 7) is 6.95. The molecule has 1 nitrogen and oxygen atoms in total.